The van der Waals surface area contributed by atoms with Crippen LogP contribution in [0.1, 0.15) is 11.1 Å². The number of nitrogens with zero attached hydrogens (tertiary/aromatic N) is 1. The molecule has 0 radical (unpaired) electrons. The Bertz CT molecular complexity index is 853. The van der Waals surface area contributed by atoms with Gasteiger partial charge in [0.25, 0.3) is 0 Å². The maximum Gasteiger partial charge on any atom is 0.179 e. The lowest BCUT2D eigenvalue weighted by Crippen LogP contribution is -2.28. The summed E-state index contributed by atoms with van der Waals surface area (Å²) in [6.45, 7) is 1.93. The van der Waals surface area contributed by atoms with Crippen molar-refractivity contribution in [2.45, 2.75) is 18.0 Å². The van der Waals surface area contributed by atoms with Crippen molar-refractivity contribution in [3.8, 4) is 0 Å². The molecular formula is C22H23NO2S. The molecule has 0 spiro atoms. The first kappa shape index (κ1) is 18.4. The van der Waals surface area contributed by atoms with Crippen molar-refractivity contribution >= 4 is 9.84 Å². The second-order valence-electron chi connectivity index (χ2n) is 6.31. The molecule has 3 aromatic carbocycles. The predicted molar refractivity (Wildman–Crippen MR) is 105 cm³/mol. The van der Waals surface area contributed by atoms with Crippen LogP contribution in [0.15, 0.2) is 95.9 Å². The standard InChI is InChI=1S/C22H23NO2S/c24-26(25,22-14-8-3-9-15-22)17-16-23(18-20-10-4-1-5-11-20)19-21-12-6-2-7-13-21/h1-15H,16-19H2. The van der Waals surface area contributed by atoms with Gasteiger partial charge in [0, 0.05) is 19.6 Å². The van der Waals surface area contributed by atoms with Gasteiger partial charge in [-0.25, -0.2) is 8.42 Å². The molecule has 0 fully saturated rings. The Morgan fingerprint density at radius 3 is 1.50 bits per heavy atom. The van der Waals surface area contributed by atoms with E-state index in [1.165, 1.54) is 11.1 Å². The molecule has 0 unspecified atom stereocenters. The molecule has 26 heavy (non-hydrogen) atoms. The fraction of sp³-hybridized carbons (Fsp3) is 0.182. The zero-order chi connectivity index (χ0) is 18.2. The van der Waals surface area contributed by atoms with Gasteiger partial charge in [-0.3, -0.25) is 4.90 Å². The van der Waals surface area contributed by atoms with Crippen LogP contribution >= 0.6 is 0 Å². The fourth-order valence-corrected chi connectivity index (χ4v) is 4.20. The molecule has 3 nitrogen and oxygen atoms in total. The van der Waals surface area contributed by atoms with Crippen LogP contribution in [0.25, 0.3) is 0 Å². The van der Waals surface area contributed by atoms with Crippen molar-refractivity contribution < 1.29 is 8.42 Å². The molecule has 0 atom stereocenters. The van der Waals surface area contributed by atoms with Gasteiger partial charge in [0.05, 0.1) is 10.6 Å². The zero-order valence-corrected chi connectivity index (χ0v) is 15.5. The maximum absolute atomic E-state index is 12.6. The van der Waals surface area contributed by atoms with Gasteiger partial charge in [0.1, 0.15) is 0 Å². The van der Waals surface area contributed by atoms with Gasteiger partial charge in [0.15, 0.2) is 9.84 Å². The quantitative estimate of drug-likeness (QED) is 0.601. The molecule has 0 saturated heterocycles. The van der Waals surface area contributed by atoms with Gasteiger partial charge in [-0.15, -0.1) is 0 Å². The lowest BCUT2D eigenvalue weighted by Gasteiger charge is -2.22. The number of sulfone groups is 1. The number of rotatable bonds is 8. The SMILES string of the molecule is O=S(=O)(CCN(Cc1ccccc1)Cc1ccccc1)c1ccccc1. The minimum atomic E-state index is -3.28. The van der Waals surface area contributed by atoms with E-state index in [4.69, 9.17) is 0 Å². The Labute approximate surface area is 155 Å². The molecule has 0 aliphatic heterocycles. The Balaban J connectivity index is 1.72. The van der Waals surface area contributed by atoms with E-state index < -0.39 is 9.84 Å². The summed E-state index contributed by atoms with van der Waals surface area (Å²) in [7, 11) is -3.28. The Hall–Kier alpha value is -2.43. The summed E-state index contributed by atoms with van der Waals surface area (Å²) in [6, 6.07) is 29.0. The lowest BCUT2D eigenvalue weighted by molar-refractivity contribution is 0.272. The Morgan fingerprint density at radius 1 is 0.615 bits per heavy atom. The Kier molecular flexibility index (Phi) is 6.21. The van der Waals surface area contributed by atoms with Gasteiger partial charge in [-0.2, -0.15) is 0 Å². The third-order valence-electron chi connectivity index (χ3n) is 4.28. The highest BCUT2D eigenvalue weighted by Gasteiger charge is 2.16. The highest BCUT2D eigenvalue weighted by Crippen LogP contribution is 2.14. The van der Waals surface area contributed by atoms with E-state index in [0.29, 0.717) is 11.4 Å². The van der Waals surface area contributed by atoms with Crippen LogP contribution in [-0.2, 0) is 22.9 Å². The van der Waals surface area contributed by atoms with Crippen molar-refractivity contribution in [1.29, 1.82) is 0 Å². The first-order valence-corrected chi connectivity index (χ1v) is 10.4. The maximum atomic E-state index is 12.6. The van der Waals surface area contributed by atoms with Crippen molar-refractivity contribution in [2.24, 2.45) is 0 Å². The molecule has 0 saturated carbocycles. The molecule has 0 heterocycles. The molecule has 4 heteroatoms. The van der Waals surface area contributed by atoms with Gasteiger partial charge >= 0.3 is 0 Å². The van der Waals surface area contributed by atoms with E-state index in [2.05, 4.69) is 29.2 Å². The molecule has 3 rings (SSSR count). The van der Waals surface area contributed by atoms with Crippen molar-refractivity contribution in [2.75, 3.05) is 12.3 Å². The van der Waals surface area contributed by atoms with Crippen LogP contribution in [0.4, 0.5) is 0 Å². The minimum Gasteiger partial charge on any atom is -0.294 e. The molecule has 0 aromatic heterocycles. The third-order valence-corrected chi connectivity index (χ3v) is 5.99. The fourth-order valence-electron chi connectivity index (χ4n) is 2.89. The van der Waals surface area contributed by atoms with E-state index in [0.717, 1.165) is 13.1 Å². The minimum absolute atomic E-state index is 0.108. The summed E-state index contributed by atoms with van der Waals surface area (Å²) in [5.41, 5.74) is 2.36. The summed E-state index contributed by atoms with van der Waals surface area (Å²) < 4.78 is 25.2. The Morgan fingerprint density at radius 2 is 1.04 bits per heavy atom. The predicted octanol–water partition coefficient (Wildman–Crippen LogP) is 4.16. The highest BCUT2D eigenvalue weighted by atomic mass is 32.2. The number of hydrogen-bond donors (Lipinski definition) is 0. The van der Waals surface area contributed by atoms with Crippen molar-refractivity contribution in [1.82, 2.24) is 4.90 Å². The van der Waals surface area contributed by atoms with Crippen LogP contribution in [0.5, 0.6) is 0 Å². The van der Waals surface area contributed by atoms with Crippen LogP contribution in [0.3, 0.4) is 0 Å². The first-order valence-electron chi connectivity index (χ1n) is 8.71. The van der Waals surface area contributed by atoms with Gasteiger partial charge in [0.2, 0.25) is 0 Å². The molecule has 3 aromatic rings. The second kappa shape index (κ2) is 8.79. The van der Waals surface area contributed by atoms with E-state index in [1.54, 1.807) is 24.3 Å². The third kappa shape index (κ3) is 5.28. The van der Waals surface area contributed by atoms with Gasteiger partial charge < -0.3 is 0 Å². The van der Waals surface area contributed by atoms with Crippen LogP contribution < -0.4 is 0 Å². The molecule has 0 amide bonds. The highest BCUT2D eigenvalue weighted by molar-refractivity contribution is 7.91. The van der Waals surface area contributed by atoms with E-state index in [9.17, 15) is 8.42 Å². The summed E-state index contributed by atoms with van der Waals surface area (Å²) in [5.74, 6) is 0.108. The van der Waals surface area contributed by atoms with E-state index >= 15 is 0 Å². The summed E-state index contributed by atoms with van der Waals surface area (Å²) in [6.07, 6.45) is 0. The van der Waals surface area contributed by atoms with Crippen LogP contribution in [-0.4, -0.2) is 25.6 Å². The van der Waals surface area contributed by atoms with Crippen molar-refractivity contribution in [3.05, 3.63) is 102 Å². The van der Waals surface area contributed by atoms with Crippen LogP contribution in [0.2, 0.25) is 0 Å². The molecule has 0 aliphatic carbocycles. The summed E-state index contributed by atoms with van der Waals surface area (Å²) >= 11 is 0. The van der Waals surface area contributed by atoms with Gasteiger partial charge in [-0.1, -0.05) is 78.9 Å². The second-order valence-corrected chi connectivity index (χ2v) is 8.42. The number of hydrogen-bond acceptors (Lipinski definition) is 3. The first-order chi connectivity index (χ1) is 12.6. The molecule has 0 aliphatic rings. The topological polar surface area (TPSA) is 37.4 Å². The normalized spacial score (nSPS) is 11.6. The summed E-state index contributed by atoms with van der Waals surface area (Å²) in [4.78, 5) is 2.57. The molecule has 0 bridgehead atoms. The number of benzene rings is 3. The summed E-state index contributed by atoms with van der Waals surface area (Å²) in [5, 5.41) is 0. The molecule has 134 valence electrons. The average Bonchev–Trinajstić information content (AvgIpc) is 2.68. The smallest absolute Gasteiger partial charge is 0.179 e. The largest absolute Gasteiger partial charge is 0.294 e. The molecular weight excluding hydrogens is 342 g/mol. The average molecular weight is 365 g/mol. The molecule has 0 N–H and O–H groups in total. The monoisotopic (exact) mass is 365 g/mol. The lowest BCUT2D eigenvalue weighted by atomic mass is 10.1. The van der Waals surface area contributed by atoms with Crippen molar-refractivity contribution in [3.63, 3.8) is 0 Å². The zero-order valence-electron chi connectivity index (χ0n) is 14.7. The van der Waals surface area contributed by atoms with Gasteiger partial charge in [-0.05, 0) is 23.3 Å². The van der Waals surface area contributed by atoms with E-state index in [1.807, 2.05) is 42.5 Å². The van der Waals surface area contributed by atoms with Crippen LogP contribution in [0, 0.1) is 0 Å². The van der Waals surface area contributed by atoms with E-state index in [-0.39, 0.29) is 5.75 Å².